The lowest BCUT2D eigenvalue weighted by atomic mass is 9.98. The molecule has 0 N–H and O–H groups in total. The maximum Gasteiger partial charge on any atom is 0.310 e. The fourth-order valence-electron chi connectivity index (χ4n) is 4.06. The normalized spacial score (nSPS) is 24.9. The second kappa shape index (κ2) is 6.98. The lowest BCUT2D eigenvalue weighted by molar-refractivity contribution is -0.181. The molecular formula is C19H24N2O5. The number of fused-ring (bicyclic) bond motifs is 2. The van der Waals surface area contributed by atoms with E-state index in [9.17, 15) is 9.59 Å². The number of esters is 1. The van der Waals surface area contributed by atoms with E-state index in [1.54, 1.807) is 4.90 Å². The molecule has 0 aliphatic carbocycles. The summed E-state index contributed by atoms with van der Waals surface area (Å²) in [6.07, 6.45) is 1.74. The fourth-order valence-corrected chi connectivity index (χ4v) is 4.06. The molecule has 7 nitrogen and oxygen atoms in total. The molecule has 1 spiro atoms. The van der Waals surface area contributed by atoms with Crippen LogP contribution in [0.15, 0.2) is 24.3 Å². The van der Waals surface area contributed by atoms with E-state index in [1.807, 2.05) is 31.2 Å². The number of hydrogen-bond donors (Lipinski definition) is 0. The summed E-state index contributed by atoms with van der Waals surface area (Å²) in [6, 6.07) is 7.60. The van der Waals surface area contributed by atoms with Gasteiger partial charge in [0.2, 0.25) is 0 Å². The third-order valence-corrected chi connectivity index (χ3v) is 5.24. The van der Waals surface area contributed by atoms with E-state index in [0.717, 1.165) is 30.6 Å². The minimum Gasteiger partial charge on any atom is -0.466 e. The minimum absolute atomic E-state index is 0.135. The molecule has 3 heterocycles. The van der Waals surface area contributed by atoms with Gasteiger partial charge in [-0.1, -0.05) is 18.2 Å². The zero-order valence-electron chi connectivity index (χ0n) is 15.0. The molecule has 1 atom stereocenters. The monoisotopic (exact) mass is 360 g/mol. The van der Waals surface area contributed by atoms with Gasteiger partial charge in [0.25, 0.3) is 11.7 Å². The molecule has 0 radical (unpaired) electrons. The van der Waals surface area contributed by atoms with Crippen LogP contribution < -0.4 is 4.90 Å². The summed E-state index contributed by atoms with van der Waals surface area (Å²) in [5, 5.41) is 0. The summed E-state index contributed by atoms with van der Waals surface area (Å²) in [7, 11) is 0. The lowest BCUT2D eigenvalue weighted by Crippen LogP contribution is -2.49. The average Bonchev–Trinajstić information content (AvgIpc) is 3.24. The zero-order valence-corrected chi connectivity index (χ0v) is 15.0. The fraction of sp³-hybridized carbons (Fsp3) is 0.579. The Morgan fingerprint density at radius 2 is 2.08 bits per heavy atom. The number of rotatable bonds is 4. The number of anilines is 1. The van der Waals surface area contributed by atoms with Crippen molar-refractivity contribution in [2.75, 3.05) is 44.5 Å². The number of ether oxygens (including phenoxy) is 3. The van der Waals surface area contributed by atoms with Crippen LogP contribution in [-0.4, -0.2) is 56.4 Å². The molecule has 7 heteroatoms. The Morgan fingerprint density at radius 1 is 1.31 bits per heavy atom. The molecule has 3 aliphatic rings. The third kappa shape index (κ3) is 2.80. The first-order chi connectivity index (χ1) is 12.7. The van der Waals surface area contributed by atoms with Crippen molar-refractivity contribution in [2.45, 2.75) is 25.6 Å². The Labute approximate surface area is 152 Å². The minimum atomic E-state index is -1.30. The van der Waals surface area contributed by atoms with Gasteiger partial charge in [-0.05, 0) is 32.4 Å². The van der Waals surface area contributed by atoms with Gasteiger partial charge in [-0.15, -0.1) is 0 Å². The van der Waals surface area contributed by atoms with Crippen LogP contribution in [0.1, 0.15) is 25.3 Å². The van der Waals surface area contributed by atoms with Crippen molar-refractivity contribution in [2.24, 2.45) is 5.92 Å². The van der Waals surface area contributed by atoms with E-state index < -0.39 is 5.79 Å². The Hall–Kier alpha value is -1.96. The van der Waals surface area contributed by atoms with Crippen molar-refractivity contribution in [3.05, 3.63) is 29.8 Å². The van der Waals surface area contributed by atoms with Gasteiger partial charge < -0.3 is 14.2 Å². The summed E-state index contributed by atoms with van der Waals surface area (Å²) >= 11 is 0. The number of likely N-dealkylation sites (tertiary alicyclic amines) is 1. The smallest absolute Gasteiger partial charge is 0.310 e. The predicted octanol–water partition coefficient (Wildman–Crippen LogP) is 1.47. The second-order valence-electron chi connectivity index (χ2n) is 6.87. The largest absolute Gasteiger partial charge is 0.466 e. The van der Waals surface area contributed by atoms with E-state index in [1.165, 1.54) is 0 Å². The van der Waals surface area contributed by atoms with Gasteiger partial charge in [0.15, 0.2) is 0 Å². The molecule has 1 amide bonds. The SMILES string of the molecule is CCOC(=O)C1CCCN(CN2C(=O)C3(OCCO3)c3ccccc32)C1. The Morgan fingerprint density at radius 3 is 2.85 bits per heavy atom. The van der Waals surface area contributed by atoms with Crippen molar-refractivity contribution in [1.29, 1.82) is 0 Å². The van der Waals surface area contributed by atoms with Gasteiger partial charge in [-0.3, -0.25) is 19.4 Å². The van der Waals surface area contributed by atoms with Crippen LogP contribution in [-0.2, 0) is 29.6 Å². The Bertz CT molecular complexity index is 701. The number of amides is 1. The molecule has 3 aliphatic heterocycles. The third-order valence-electron chi connectivity index (χ3n) is 5.24. The van der Waals surface area contributed by atoms with E-state index in [2.05, 4.69) is 4.90 Å². The highest BCUT2D eigenvalue weighted by atomic mass is 16.7. The predicted molar refractivity (Wildman–Crippen MR) is 93.3 cm³/mol. The molecule has 1 aromatic rings. The Kier molecular flexibility index (Phi) is 4.69. The van der Waals surface area contributed by atoms with Gasteiger partial charge in [0.1, 0.15) is 0 Å². The molecule has 1 aromatic carbocycles. The van der Waals surface area contributed by atoms with Gasteiger partial charge in [-0.2, -0.15) is 0 Å². The molecule has 26 heavy (non-hydrogen) atoms. The van der Waals surface area contributed by atoms with E-state index in [-0.39, 0.29) is 17.8 Å². The highest BCUT2D eigenvalue weighted by Crippen LogP contribution is 2.45. The van der Waals surface area contributed by atoms with Crippen molar-refractivity contribution < 1.29 is 23.8 Å². The molecule has 2 saturated heterocycles. The number of carbonyl (C=O) groups excluding carboxylic acids is 2. The number of benzene rings is 1. The van der Waals surface area contributed by atoms with Crippen LogP contribution in [0.3, 0.4) is 0 Å². The van der Waals surface area contributed by atoms with Crippen molar-refractivity contribution >= 4 is 17.6 Å². The first-order valence-corrected chi connectivity index (χ1v) is 9.24. The average molecular weight is 360 g/mol. The molecule has 0 bridgehead atoms. The van der Waals surface area contributed by atoms with Crippen LogP contribution in [0.4, 0.5) is 5.69 Å². The molecule has 140 valence electrons. The first-order valence-electron chi connectivity index (χ1n) is 9.24. The van der Waals surface area contributed by atoms with Crippen molar-refractivity contribution in [1.82, 2.24) is 4.90 Å². The van der Waals surface area contributed by atoms with Gasteiger partial charge in [0, 0.05) is 12.1 Å². The molecule has 1 unspecified atom stereocenters. The maximum atomic E-state index is 13.1. The quantitative estimate of drug-likeness (QED) is 0.758. The summed E-state index contributed by atoms with van der Waals surface area (Å²) in [5.74, 6) is -1.77. The van der Waals surface area contributed by atoms with Crippen LogP contribution >= 0.6 is 0 Å². The van der Waals surface area contributed by atoms with E-state index in [0.29, 0.717) is 33.0 Å². The topological polar surface area (TPSA) is 68.3 Å². The summed E-state index contributed by atoms with van der Waals surface area (Å²) in [4.78, 5) is 29.1. The van der Waals surface area contributed by atoms with Crippen LogP contribution in [0.2, 0.25) is 0 Å². The highest BCUT2D eigenvalue weighted by Gasteiger charge is 2.56. The molecule has 0 aromatic heterocycles. The number of hydrogen-bond acceptors (Lipinski definition) is 6. The lowest BCUT2D eigenvalue weighted by Gasteiger charge is -2.34. The van der Waals surface area contributed by atoms with Crippen molar-refractivity contribution in [3.63, 3.8) is 0 Å². The summed E-state index contributed by atoms with van der Waals surface area (Å²) in [6.45, 7) is 4.88. The standard InChI is InChI=1S/C19H24N2O5/c1-2-24-17(22)14-6-5-9-20(12-14)13-21-16-8-4-3-7-15(16)19(18(21)23)25-10-11-26-19/h3-4,7-8,14H,2,5-6,9-13H2,1H3. The maximum absolute atomic E-state index is 13.1. The van der Waals surface area contributed by atoms with Crippen molar-refractivity contribution in [3.8, 4) is 0 Å². The number of nitrogens with zero attached hydrogens (tertiary/aromatic N) is 2. The zero-order chi connectivity index (χ0) is 18.1. The number of piperidine rings is 1. The highest BCUT2D eigenvalue weighted by molar-refractivity contribution is 6.06. The van der Waals surface area contributed by atoms with Crippen LogP contribution in [0.25, 0.3) is 0 Å². The van der Waals surface area contributed by atoms with Crippen LogP contribution in [0, 0.1) is 5.92 Å². The van der Waals surface area contributed by atoms with Gasteiger partial charge >= 0.3 is 5.97 Å². The molecule has 4 rings (SSSR count). The van der Waals surface area contributed by atoms with Gasteiger partial charge in [0.05, 0.1) is 38.1 Å². The van der Waals surface area contributed by atoms with E-state index >= 15 is 0 Å². The summed E-state index contributed by atoms with van der Waals surface area (Å²) < 4.78 is 16.7. The first kappa shape index (κ1) is 17.5. The molecule has 0 saturated carbocycles. The van der Waals surface area contributed by atoms with Crippen LogP contribution in [0.5, 0.6) is 0 Å². The number of para-hydroxylation sites is 1. The van der Waals surface area contributed by atoms with E-state index in [4.69, 9.17) is 14.2 Å². The number of carbonyl (C=O) groups is 2. The van der Waals surface area contributed by atoms with Gasteiger partial charge in [-0.25, -0.2) is 0 Å². The molecule has 2 fully saturated rings. The second-order valence-corrected chi connectivity index (χ2v) is 6.87. The Balaban J connectivity index is 1.53. The summed E-state index contributed by atoms with van der Waals surface area (Å²) in [5.41, 5.74) is 1.58. The molecular weight excluding hydrogens is 336 g/mol.